The van der Waals surface area contributed by atoms with Gasteiger partial charge in [-0.05, 0) is 26.3 Å². The van der Waals surface area contributed by atoms with Crippen molar-refractivity contribution < 1.29 is 18.7 Å². The largest absolute Gasteiger partial charge is 0.394 e. The topological polar surface area (TPSA) is 67.6 Å². The van der Waals surface area contributed by atoms with Gasteiger partial charge in [0.05, 0.1) is 19.2 Å². The second-order valence-corrected chi connectivity index (χ2v) is 6.47. The van der Waals surface area contributed by atoms with E-state index in [-0.39, 0.29) is 37.7 Å². The van der Waals surface area contributed by atoms with E-state index in [0.717, 1.165) is 0 Å². The van der Waals surface area contributed by atoms with E-state index in [1.807, 2.05) is 6.07 Å². The van der Waals surface area contributed by atoms with Crippen LogP contribution < -0.4 is 0 Å². The summed E-state index contributed by atoms with van der Waals surface area (Å²) in [4.78, 5) is 15.3. The van der Waals surface area contributed by atoms with Gasteiger partial charge in [0, 0.05) is 25.0 Å². The van der Waals surface area contributed by atoms with Crippen molar-refractivity contribution in [3.8, 4) is 6.07 Å². The molecular formula is C15H21F2N3O2. The van der Waals surface area contributed by atoms with Gasteiger partial charge in [0.1, 0.15) is 11.6 Å². The Bertz CT molecular complexity index is 523. The smallest absolute Gasteiger partial charge is 0.264 e. The van der Waals surface area contributed by atoms with Crippen LogP contribution in [0, 0.1) is 11.3 Å². The van der Waals surface area contributed by atoms with Crippen molar-refractivity contribution >= 4 is 5.91 Å². The standard InChI is InChI=1S/C15H21F2N3O2/c1-14(2,19-6-4-15(16,17)10-19)7-11(8-18)13(22)20-5-3-12(20)9-21/h7,12,21H,3-6,9-10H2,1-2H3/t12-/m0/s1. The summed E-state index contributed by atoms with van der Waals surface area (Å²) >= 11 is 0. The maximum atomic E-state index is 13.4. The van der Waals surface area contributed by atoms with E-state index in [9.17, 15) is 18.8 Å². The third-order valence-electron chi connectivity index (χ3n) is 4.45. The molecule has 2 aliphatic rings. The number of aliphatic hydroxyl groups excluding tert-OH is 1. The number of nitriles is 1. The first-order valence-electron chi connectivity index (χ1n) is 7.38. The summed E-state index contributed by atoms with van der Waals surface area (Å²) < 4.78 is 26.7. The molecule has 0 aromatic carbocycles. The molecule has 1 amide bonds. The van der Waals surface area contributed by atoms with Gasteiger partial charge in [0.25, 0.3) is 11.8 Å². The molecule has 7 heteroatoms. The second-order valence-electron chi connectivity index (χ2n) is 6.47. The SMILES string of the molecule is CC(C)(C=C(C#N)C(=O)N1CC[C@H]1CO)N1CCC(F)(F)C1. The van der Waals surface area contributed by atoms with Gasteiger partial charge >= 0.3 is 0 Å². The number of nitrogens with zero attached hydrogens (tertiary/aromatic N) is 3. The maximum absolute atomic E-state index is 13.4. The van der Waals surface area contributed by atoms with Crippen LogP contribution in [0.25, 0.3) is 0 Å². The van der Waals surface area contributed by atoms with Gasteiger partial charge in [-0.2, -0.15) is 5.26 Å². The minimum atomic E-state index is -2.72. The molecule has 0 aromatic heterocycles. The number of carbonyl (C=O) groups is 1. The van der Waals surface area contributed by atoms with Gasteiger partial charge in [-0.25, -0.2) is 8.78 Å². The van der Waals surface area contributed by atoms with E-state index in [0.29, 0.717) is 13.0 Å². The third kappa shape index (κ3) is 3.28. The van der Waals surface area contributed by atoms with Gasteiger partial charge in [0.2, 0.25) is 0 Å². The Morgan fingerprint density at radius 1 is 1.50 bits per heavy atom. The molecule has 122 valence electrons. The average Bonchev–Trinajstić information content (AvgIpc) is 2.76. The highest BCUT2D eigenvalue weighted by molar-refractivity contribution is 5.98. The van der Waals surface area contributed by atoms with Crippen LogP contribution in [0.5, 0.6) is 0 Å². The molecule has 2 aliphatic heterocycles. The highest BCUT2D eigenvalue weighted by atomic mass is 19.3. The predicted octanol–water partition coefficient (Wildman–Crippen LogP) is 1.15. The second kappa shape index (κ2) is 5.94. The van der Waals surface area contributed by atoms with E-state index in [1.54, 1.807) is 18.7 Å². The van der Waals surface area contributed by atoms with E-state index in [4.69, 9.17) is 5.11 Å². The highest BCUT2D eigenvalue weighted by Crippen LogP contribution is 2.33. The fourth-order valence-electron chi connectivity index (χ4n) is 2.87. The summed E-state index contributed by atoms with van der Waals surface area (Å²) in [5, 5.41) is 18.4. The summed E-state index contributed by atoms with van der Waals surface area (Å²) in [6.45, 7) is 3.67. The van der Waals surface area contributed by atoms with Gasteiger partial charge in [-0.3, -0.25) is 9.69 Å². The number of hydrogen-bond acceptors (Lipinski definition) is 4. The Labute approximate surface area is 128 Å². The van der Waals surface area contributed by atoms with Crippen LogP contribution in [0.2, 0.25) is 0 Å². The lowest BCUT2D eigenvalue weighted by Crippen LogP contribution is -2.53. The van der Waals surface area contributed by atoms with Crippen LogP contribution in [-0.4, -0.2) is 64.6 Å². The zero-order valence-corrected chi connectivity index (χ0v) is 12.9. The minimum Gasteiger partial charge on any atom is -0.394 e. The molecule has 22 heavy (non-hydrogen) atoms. The highest BCUT2D eigenvalue weighted by Gasteiger charge is 2.43. The Morgan fingerprint density at radius 3 is 2.59 bits per heavy atom. The van der Waals surface area contributed by atoms with E-state index in [2.05, 4.69) is 0 Å². The van der Waals surface area contributed by atoms with Crippen LogP contribution >= 0.6 is 0 Å². The molecule has 1 N–H and O–H groups in total. The first kappa shape index (κ1) is 16.8. The summed E-state index contributed by atoms with van der Waals surface area (Å²) in [6.07, 6.45) is 1.96. The first-order chi connectivity index (χ1) is 10.2. The predicted molar refractivity (Wildman–Crippen MR) is 76.1 cm³/mol. The van der Waals surface area contributed by atoms with Crippen molar-refractivity contribution in [2.24, 2.45) is 0 Å². The Kier molecular flexibility index (Phi) is 4.54. The molecular weight excluding hydrogens is 292 g/mol. The zero-order valence-electron chi connectivity index (χ0n) is 12.9. The summed E-state index contributed by atoms with van der Waals surface area (Å²) in [7, 11) is 0. The quantitative estimate of drug-likeness (QED) is 0.624. The minimum absolute atomic E-state index is 0.0571. The number of alkyl halides is 2. The molecule has 0 unspecified atom stereocenters. The average molecular weight is 313 g/mol. The molecule has 0 spiro atoms. The van der Waals surface area contributed by atoms with Crippen molar-refractivity contribution in [1.82, 2.24) is 9.80 Å². The van der Waals surface area contributed by atoms with E-state index in [1.165, 1.54) is 11.0 Å². The molecule has 1 atom stereocenters. The van der Waals surface area contributed by atoms with Crippen molar-refractivity contribution in [3.63, 3.8) is 0 Å². The molecule has 0 aromatic rings. The van der Waals surface area contributed by atoms with E-state index >= 15 is 0 Å². The summed E-state index contributed by atoms with van der Waals surface area (Å²) in [5.41, 5.74) is -0.862. The van der Waals surface area contributed by atoms with E-state index < -0.39 is 17.4 Å². The Morgan fingerprint density at radius 2 is 2.18 bits per heavy atom. The Hall–Kier alpha value is -1.52. The normalized spacial score (nSPS) is 25.7. The number of likely N-dealkylation sites (tertiary alicyclic amines) is 2. The Balaban J connectivity index is 2.14. The number of carbonyl (C=O) groups excluding carboxylic acids is 1. The lowest BCUT2D eigenvalue weighted by molar-refractivity contribution is -0.135. The molecule has 0 saturated carbocycles. The molecule has 2 saturated heterocycles. The van der Waals surface area contributed by atoms with Gasteiger partial charge in [-0.1, -0.05) is 0 Å². The molecule has 0 aliphatic carbocycles. The van der Waals surface area contributed by atoms with Crippen LogP contribution in [-0.2, 0) is 4.79 Å². The maximum Gasteiger partial charge on any atom is 0.264 e. The van der Waals surface area contributed by atoms with Gasteiger partial charge < -0.3 is 10.0 Å². The summed E-state index contributed by atoms with van der Waals surface area (Å²) in [6, 6.07) is 1.62. The van der Waals surface area contributed by atoms with Crippen molar-refractivity contribution in [2.45, 2.75) is 44.2 Å². The van der Waals surface area contributed by atoms with Crippen LogP contribution in [0.3, 0.4) is 0 Å². The zero-order chi connectivity index (χ0) is 16.5. The van der Waals surface area contributed by atoms with Gasteiger partial charge in [0.15, 0.2) is 0 Å². The molecule has 0 bridgehead atoms. The third-order valence-corrected chi connectivity index (χ3v) is 4.45. The van der Waals surface area contributed by atoms with Crippen molar-refractivity contribution in [1.29, 1.82) is 5.26 Å². The number of hydrogen-bond donors (Lipinski definition) is 1. The van der Waals surface area contributed by atoms with Crippen LogP contribution in [0.15, 0.2) is 11.6 Å². The number of aliphatic hydroxyl groups is 1. The number of rotatable bonds is 4. The first-order valence-corrected chi connectivity index (χ1v) is 7.38. The molecule has 2 rings (SSSR count). The van der Waals surface area contributed by atoms with Crippen LogP contribution in [0.4, 0.5) is 8.78 Å². The molecule has 2 fully saturated rings. The molecule has 2 heterocycles. The number of halogens is 2. The number of amides is 1. The monoisotopic (exact) mass is 313 g/mol. The van der Waals surface area contributed by atoms with Gasteiger partial charge in [-0.15, -0.1) is 0 Å². The molecule has 5 nitrogen and oxygen atoms in total. The fraction of sp³-hybridized carbons (Fsp3) is 0.733. The summed E-state index contributed by atoms with van der Waals surface area (Å²) in [5.74, 6) is -3.16. The lowest BCUT2D eigenvalue weighted by Gasteiger charge is -2.40. The lowest BCUT2D eigenvalue weighted by atomic mass is 9.96. The van der Waals surface area contributed by atoms with Crippen LogP contribution in [0.1, 0.15) is 26.7 Å². The fourth-order valence-corrected chi connectivity index (χ4v) is 2.87. The molecule has 0 radical (unpaired) electrons. The van der Waals surface area contributed by atoms with Crippen molar-refractivity contribution in [3.05, 3.63) is 11.6 Å². The van der Waals surface area contributed by atoms with Crippen molar-refractivity contribution in [2.75, 3.05) is 26.2 Å².